The molecule has 0 saturated carbocycles. The molecule has 0 N–H and O–H groups in total. The smallest absolute Gasteiger partial charge is 0.172 e. The van der Waals surface area contributed by atoms with Crippen molar-refractivity contribution < 1.29 is 9.47 Å². The molecule has 3 nitrogen and oxygen atoms in total. The number of hydrogen-bond donors (Lipinski definition) is 0. The molecule has 2 heterocycles. The zero-order valence-electron chi connectivity index (χ0n) is 31.7. The predicted octanol–water partition coefficient (Wildman–Crippen LogP) is 15.4. The van der Waals surface area contributed by atoms with Crippen LogP contribution in [-0.2, 0) is 5.41 Å². The number of thiophene rings is 1. The molecule has 276 valence electrons. The van der Waals surface area contributed by atoms with E-state index in [9.17, 15) is 0 Å². The van der Waals surface area contributed by atoms with E-state index in [4.69, 9.17) is 9.47 Å². The monoisotopic (exact) mass is 771 g/mol. The minimum Gasteiger partial charge on any atom is -0.449 e. The fourth-order valence-electron chi connectivity index (χ4n) is 10.1. The maximum atomic E-state index is 6.91. The van der Waals surface area contributed by atoms with Crippen molar-refractivity contribution >= 4 is 48.6 Å². The summed E-state index contributed by atoms with van der Waals surface area (Å²) in [5.41, 5.74) is 15.0. The van der Waals surface area contributed by atoms with Crippen LogP contribution in [0.15, 0.2) is 200 Å². The fourth-order valence-corrected chi connectivity index (χ4v) is 11.2. The van der Waals surface area contributed by atoms with Crippen molar-refractivity contribution in [3.8, 4) is 56.4 Å². The fraction of sp³-hybridized carbons (Fsp3) is 0.0182. The molecule has 0 atom stereocenters. The van der Waals surface area contributed by atoms with Crippen LogP contribution in [0, 0.1) is 0 Å². The summed E-state index contributed by atoms with van der Waals surface area (Å²) in [6, 6.07) is 72.1. The van der Waals surface area contributed by atoms with E-state index in [0.717, 1.165) is 28.4 Å². The molecule has 3 aliphatic rings. The van der Waals surface area contributed by atoms with Crippen molar-refractivity contribution in [2.24, 2.45) is 0 Å². The second-order valence-corrected chi connectivity index (χ2v) is 16.6. The van der Waals surface area contributed by atoms with E-state index in [-0.39, 0.29) is 0 Å². The Morgan fingerprint density at radius 1 is 0.356 bits per heavy atom. The lowest BCUT2D eigenvalue weighted by molar-refractivity contribution is 0.359. The number of anilines is 3. The van der Waals surface area contributed by atoms with Crippen molar-refractivity contribution in [2.75, 3.05) is 4.90 Å². The molecule has 2 aliphatic carbocycles. The zero-order valence-corrected chi connectivity index (χ0v) is 32.5. The first-order chi connectivity index (χ1) is 29.2. The van der Waals surface area contributed by atoms with Crippen LogP contribution in [0.25, 0.3) is 53.6 Å². The Labute approximate surface area is 345 Å². The van der Waals surface area contributed by atoms with Crippen LogP contribution in [-0.4, -0.2) is 0 Å². The average molecular weight is 772 g/mol. The Morgan fingerprint density at radius 3 is 1.69 bits per heavy atom. The van der Waals surface area contributed by atoms with Gasteiger partial charge >= 0.3 is 0 Å². The van der Waals surface area contributed by atoms with E-state index in [1.165, 1.54) is 70.2 Å². The van der Waals surface area contributed by atoms with Gasteiger partial charge in [-0.15, -0.1) is 11.3 Å². The Hall–Kier alpha value is -7.40. The van der Waals surface area contributed by atoms with Crippen LogP contribution in [0.5, 0.6) is 23.0 Å². The second kappa shape index (κ2) is 12.3. The van der Waals surface area contributed by atoms with E-state index in [0.29, 0.717) is 17.2 Å². The Kier molecular flexibility index (Phi) is 6.81. The highest BCUT2D eigenvalue weighted by Gasteiger charge is 2.52. The molecule has 0 amide bonds. The van der Waals surface area contributed by atoms with Crippen molar-refractivity contribution in [3.63, 3.8) is 0 Å². The van der Waals surface area contributed by atoms with Crippen LogP contribution in [0.2, 0.25) is 0 Å². The third-order valence-corrected chi connectivity index (χ3v) is 13.7. The van der Waals surface area contributed by atoms with Gasteiger partial charge in [0.2, 0.25) is 0 Å². The second-order valence-electron chi connectivity index (χ2n) is 15.6. The van der Waals surface area contributed by atoms with Crippen LogP contribution >= 0.6 is 11.3 Å². The van der Waals surface area contributed by atoms with Gasteiger partial charge in [0.25, 0.3) is 0 Å². The maximum absolute atomic E-state index is 6.91. The summed E-state index contributed by atoms with van der Waals surface area (Å²) >= 11 is 1.84. The molecule has 1 aliphatic heterocycles. The van der Waals surface area contributed by atoms with Gasteiger partial charge in [0.05, 0.1) is 16.8 Å². The average Bonchev–Trinajstić information content (AvgIpc) is 3.92. The molecule has 10 aromatic rings. The molecule has 9 aromatic carbocycles. The highest BCUT2D eigenvalue weighted by Crippen LogP contribution is 2.64. The van der Waals surface area contributed by atoms with Gasteiger partial charge in [-0.3, -0.25) is 0 Å². The van der Waals surface area contributed by atoms with Gasteiger partial charge in [0.1, 0.15) is 0 Å². The molecule has 1 spiro atoms. The predicted molar refractivity (Wildman–Crippen MR) is 242 cm³/mol. The number of hydrogen-bond acceptors (Lipinski definition) is 4. The van der Waals surface area contributed by atoms with Gasteiger partial charge in [-0.25, -0.2) is 0 Å². The SMILES string of the molecule is c1ccc(N(c2ccc3c(c2)Oc2cc4c(cc2O3)C2(c3ccccc3-c3ccccc32)c2ccccc2-4)c2ccccc2-c2ccc3sc4ccccc4c3c2)cc1. The molecule has 13 rings (SSSR count). The van der Waals surface area contributed by atoms with Gasteiger partial charge in [-0.1, -0.05) is 133 Å². The van der Waals surface area contributed by atoms with Crippen LogP contribution in [0.3, 0.4) is 0 Å². The third-order valence-electron chi connectivity index (χ3n) is 12.5. The first-order valence-corrected chi connectivity index (χ1v) is 20.9. The minimum atomic E-state index is -0.452. The van der Waals surface area contributed by atoms with Gasteiger partial charge < -0.3 is 14.4 Å². The van der Waals surface area contributed by atoms with Crippen LogP contribution < -0.4 is 14.4 Å². The standard InChI is InChI=1S/C55H33NO2S/c1-2-14-35(15-3-1)56(48-24-12-7-16-37(48)34-26-29-54-43(30-34)41-20-8-13-25-53(41)59-54)36-27-28-49-50(31-36)58-51-32-42-40-19-6-11-23-46(40)55(47(42)33-52(51)57-49)44-21-9-4-17-38(44)39-18-5-10-22-45(39)55/h1-33H. The Balaban J connectivity index is 0.941. The highest BCUT2D eigenvalue weighted by molar-refractivity contribution is 7.25. The zero-order chi connectivity index (χ0) is 38.7. The van der Waals surface area contributed by atoms with E-state index >= 15 is 0 Å². The number of benzene rings is 9. The topological polar surface area (TPSA) is 21.7 Å². The molecule has 4 heteroatoms. The molecule has 0 fully saturated rings. The summed E-state index contributed by atoms with van der Waals surface area (Å²) in [5, 5.41) is 2.57. The van der Waals surface area contributed by atoms with Crippen LogP contribution in [0.4, 0.5) is 17.1 Å². The molecule has 0 saturated heterocycles. The summed E-state index contributed by atoms with van der Waals surface area (Å²) in [7, 11) is 0. The quantitative estimate of drug-likeness (QED) is 0.178. The number of rotatable bonds is 4. The van der Waals surface area contributed by atoms with Gasteiger partial charge in [-0.05, 0) is 111 Å². The van der Waals surface area contributed by atoms with E-state index in [1.807, 2.05) is 17.4 Å². The number of fused-ring (bicyclic) bond motifs is 15. The van der Waals surface area contributed by atoms with Gasteiger partial charge in [0.15, 0.2) is 23.0 Å². The van der Waals surface area contributed by atoms with Crippen molar-refractivity contribution in [1.29, 1.82) is 0 Å². The lowest BCUT2D eigenvalue weighted by atomic mass is 9.70. The molecule has 59 heavy (non-hydrogen) atoms. The summed E-state index contributed by atoms with van der Waals surface area (Å²) in [6.07, 6.45) is 0. The molecule has 0 bridgehead atoms. The maximum Gasteiger partial charge on any atom is 0.172 e. The van der Waals surface area contributed by atoms with E-state index < -0.39 is 5.41 Å². The van der Waals surface area contributed by atoms with Crippen molar-refractivity contribution in [3.05, 3.63) is 222 Å². The lowest BCUT2D eigenvalue weighted by Crippen LogP contribution is -2.25. The molecular formula is C55H33NO2S. The molecule has 0 radical (unpaired) electrons. The minimum absolute atomic E-state index is 0.452. The first kappa shape index (κ1) is 32.7. The summed E-state index contributed by atoms with van der Waals surface area (Å²) in [4.78, 5) is 2.32. The first-order valence-electron chi connectivity index (χ1n) is 20.1. The largest absolute Gasteiger partial charge is 0.449 e. The highest BCUT2D eigenvalue weighted by atomic mass is 32.1. The lowest BCUT2D eigenvalue weighted by Gasteiger charge is -2.31. The Morgan fingerprint density at radius 2 is 0.932 bits per heavy atom. The number of nitrogens with zero attached hydrogens (tertiary/aromatic N) is 1. The third kappa shape index (κ3) is 4.58. The number of para-hydroxylation sites is 2. The van der Waals surface area contributed by atoms with Crippen molar-refractivity contribution in [2.45, 2.75) is 5.41 Å². The molecule has 1 aromatic heterocycles. The summed E-state index contributed by atoms with van der Waals surface area (Å²) in [5.74, 6) is 2.80. The number of ether oxygens (including phenoxy) is 2. The summed E-state index contributed by atoms with van der Waals surface area (Å²) < 4.78 is 16.4. The Bertz CT molecular complexity index is 3320. The van der Waals surface area contributed by atoms with Gasteiger partial charge in [0, 0.05) is 37.5 Å². The molecule has 0 unspecified atom stereocenters. The van der Waals surface area contributed by atoms with Crippen molar-refractivity contribution in [1.82, 2.24) is 0 Å². The van der Waals surface area contributed by atoms with E-state index in [1.54, 1.807) is 0 Å². The van der Waals surface area contributed by atoms with Gasteiger partial charge in [-0.2, -0.15) is 0 Å². The van der Waals surface area contributed by atoms with E-state index in [2.05, 4.69) is 199 Å². The molecular weight excluding hydrogens is 739 g/mol. The van der Waals surface area contributed by atoms with Crippen LogP contribution in [0.1, 0.15) is 22.3 Å². The normalized spacial score (nSPS) is 13.5. The summed E-state index contributed by atoms with van der Waals surface area (Å²) in [6.45, 7) is 0.